The van der Waals surface area contributed by atoms with Gasteiger partial charge in [0.2, 0.25) is 0 Å². The molecular weight excluding hydrogens is 362 g/mol. The van der Waals surface area contributed by atoms with Crippen molar-refractivity contribution in [2.45, 2.75) is 64.1 Å². The molecule has 9 nitrogen and oxygen atoms in total. The molecule has 0 saturated heterocycles. The van der Waals surface area contributed by atoms with Crippen LogP contribution < -0.4 is 10.9 Å². The van der Waals surface area contributed by atoms with Crippen LogP contribution >= 0.6 is 11.8 Å². The minimum Gasteiger partial charge on any atom is -0.595 e. The van der Waals surface area contributed by atoms with Crippen LogP contribution in [0.3, 0.4) is 0 Å². The lowest BCUT2D eigenvalue weighted by Gasteiger charge is -2.30. The minimum absolute atomic E-state index is 0.104. The van der Waals surface area contributed by atoms with Gasteiger partial charge in [-0.05, 0) is 12.8 Å². The Bertz CT molecular complexity index is 706. The van der Waals surface area contributed by atoms with Gasteiger partial charge in [-0.15, -0.1) is 0 Å². The molecule has 0 bridgehead atoms. The lowest BCUT2D eigenvalue weighted by molar-refractivity contribution is -0.261. The molecule has 146 valence electrons. The second-order valence-electron chi connectivity index (χ2n) is 7.14. The molecule has 2 atom stereocenters. The number of carboxylic acid groups (broad SMARTS) is 1. The Labute approximate surface area is 155 Å². The van der Waals surface area contributed by atoms with Crippen LogP contribution in [0.4, 0.5) is 0 Å². The molecule has 26 heavy (non-hydrogen) atoms. The first-order valence-corrected chi connectivity index (χ1v) is 9.64. The standard InChI is InChI=1S/C16H25N3O6S/c1-16(2,3)24-14(22)17-11(13(20)21)9-26-8-10-6-4-5-7-12-18-25-15(23)19(10)12/h10-11H,4-9H2,1-3H3,(H,17,22)(H,20,21)/p-1. The van der Waals surface area contributed by atoms with Crippen molar-refractivity contribution in [2.24, 2.45) is 4.99 Å². The van der Waals surface area contributed by atoms with Gasteiger partial charge in [-0.2, -0.15) is 11.8 Å². The number of thioether (sulfide) groups is 1. The Morgan fingerprint density at radius 3 is 2.92 bits per heavy atom. The molecule has 1 aliphatic heterocycles. The number of fused-ring (bicyclic) bond motifs is 1. The van der Waals surface area contributed by atoms with Crippen LogP contribution in [0.5, 0.6) is 0 Å². The summed E-state index contributed by atoms with van der Waals surface area (Å²) in [5.74, 6) is -0.415. The van der Waals surface area contributed by atoms with Crippen LogP contribution in [-0.4, -0.2) is 50.0 Å². The first-order valence-electron chi connectivity index (χ1n) is 8.49. The highest BCUT2D eigenvalue weighted by Crippen LogP contribution is 2.25. The van der Waals surface area contributed by atoms with E-state index in [4.69, 9.17) is 9.26 Å². The van der Waals surface area contributed by atoms with Gasteiger partial charge in [0.25, 0.3) is 0 Å². The van der Waals surface area contributed by atoms with Crippen LogP contribution in [0.15, 0.2) is 14.3 Å². The summed E-state index contributed by atoms with van der Waals surface area (Å²) in [6, 6.07) is -1.30. The monoisotopic (exact) mass is 386 g/mol. The van der Waals surface area contributed by atoms with Crippen molar-refractivity contribution in [3.63, 3.8) is 0 Å². The second kappa shape index (κ2) is 8.61. The highest BCUT2D eigenvalue weighted by molar-refractivity contribution is 7.99. The van der Waals surface area contributed by atoms with E-state index in [-0.39, 0.29) is 11.8 Å². The molecule has 2 heterocycles. The largest absolute Gasteiger partial charge is 0.595 e. The molecule has 0 aliphatic carbocycles. The third kappa shape index (κ3) is 5.79. The number of hydrogen-bond donors (Lipinski definition) is 1. The molecule has 0 aromatic carbocycles. The second-order valence-corrected chi connectivity index (χ2v) is 8.21. The summed E-state index contributed by atoms with van der Waals surface area (Å²) in [6.45, 7) is 5.06. The summed E-state index contributed by atoms with van der Waals surface area (Å²) in [7, 11) is 0. The third-order valence-electron chi connectivity index (χ3n) is 3.78. The lowest BCUT2D eigenvalue weighted by atomic mass is 10.1. The molecule has 1 aromatic heterocycles. The Kier molecular flexibility index (Phi) is 6.74. The molecule has 2 rings (SSSR count). The summed E-state index contributed by atoms with van der Waals surface area (Å²) >= 11 is 1.33. The zero-order valence-corrected chi connectivity index (χ0v) is 16.0. The number of rotatable bonds is 6. The van der Waals surface area contributed by atoms with E-state index in [1.807, 2.05) is 0 Å². The fraction of sp³-hybridized carbons (Fsp3) is 0.750. The van der Waals surface area contributed by atoms with Crippen molar-refractivity contribution in [1.29, 1.82) is 0 Å². The maximum absolute atomic E-state index is 11.9. The maximum Gasteiger partial charge on any atom is 0.441 e. The van der Waals surface area contributed by atoms with E-state index in [1.54, 1.807) is 25.3 Å². The molecule has 1 aliphatic rings. The fourth-order valence-corrected chi connectivity index (χ4v) is 3.82. The van der Waals surface area contributed by atoms with E-state index in [2.05, 4.69) is 10.1 Å². The Morgan fingerprint density at radius 2 is 2.27 bits per heavy atom. The van der Waals surface area contributed by atoms with Crippen molar-refractivity contribution in [2.75, 3.05) is 11.5 Å². The third-order valence-corrected chi connectivity index (χ3v) is 4.95. The van der Waals surface area contributed by atoms with E-state index in [0.29, 0.717) is 18.0 Å². The first-order chi connectivity index (χ1) is 12.2. The lowest BCUT2D eigenvalue weighted by Crippen LogP contribution is -2.35. The van der Waals surface area contributed by atoms with Gasteiger partial charge in [0.05, 0.1) is 6.04 Å². The van der Waals surface area contributed by atoms with Gasteiger partial charge in [0.1, 0.15) is 6.08 Å². The van der Waals surface area contributed by atoms with E-state index in [0.717, 1.165) is 19.3 Å². The van der Waals surface area contributed by atoms with Crippen molar-refractivity contribution in [3.05, 3.63) is 16.4 Å². The SMILES string of the molecule is CC(C)(C)OC([O-])=NC(CSCC1CCCCc2noc(=O)n21)C(=O)O. The number of carbonyl (C=O) groups is 1. The summed E-state index contributed by atoms with van der Waals surface area (Å²) in [5, 5.41) is 24.8. The number of aliphatic imine (C=N–C) groups is 1. The Balaban J connectivity index is 1.98. The van der Waals surface area contributed by atoms with E-state index < -0.39 is 29.5 Å². The molecule has 2 unspecified atom stereocenters. The molecule has 10 heteroatoms. The van der Waals surface area contributed by atoms with Gasteiger partial charge in [0.15, 0.2) is 11.9 Å². The predicted molar refractivity (Wildman–Crippen MR) is 94.4 cm³/mol. The molecule has 0 spiro atoms. The van der Waals surface area contributed by atoms with E-state index in [9.17, 15) is 19.8 Å². The van der Waals surface area contributed by atoms with Crippen LogP contribution in [0.25, 0.3) is 0 Å². The molecule has 1 aromatic rings. The zero-order chi connectivity index (χ0) is 19.3. The summed E-state index contributed by atoms with van der Waals surface area (Å²) in [5.41, 5.74) is -0.733. The van der Waals surface area contributed by atoms with Crippen LogP contribution in [0, 0.1) is 0 Å². The van der Waals surface area contributed by atoms with Crippen molar-refractivity contribution in [3.8, 4) is 0 Å². The first kappa shape index (κ1) is 20.3. The molecular formula is C16H24N3O6S-. The quantitative estimate of drug-likeness (QED) is 0.562. The zero-order valence-electron chi connectivity index (χ0n) is 15.1. The van der Waals surface area contributed by atoms with Gasteiger partial charge < -0.3 is 14.9 Å². The number of ether oxygens (including phenoxy) is 1. The average Bonchev–Trinajstić information content (AvgIpc) is 2.75. The van der Waals surface area contributed by atoms with Gasteiger partial charge in [0, 0.05) is 23.5 Å². The number of nitrogens with zero attached hydrogens (tertiary/aromatic N) is 3. The van der Waals surface area contributed by atoms with Crippen molar-refractivity contribution < 1.29 is 24.3 Å². The summed E-state index contributed by atoms with van der Waals surface area (Å²) in [6.07, 6.45) is 2.48. The fourth-order valence-electron chi connectivity index (χ4n) is 2.66. The Morgan fingerprint density at radius 1 is 1.54 bits per heavy atom. The van der Waals surface area contributed by atoms with Gasteiger partial charge >= 0.3 is 11.7 Å². The van der Waals surface area contributed by atoms with Crippen molar-refractivity contribution >= 4 is 23.8 Å². The number of aromatic nitrogens is 2. The average molecular weight is 386 g/mol. The van der Waals surface area contributed by atoms with Gasteiger partial charge in [-0.3, -0.25) is 14.1 Å². The number of carboxylic acids is 1. The molecule has 0 amide bonds. The maximum atomic E-state index is 11.9. The van der Waals surface area contributed by atoms with Gasteiger partial charge in [-0.1, -0.05) is 32.3 Å². The van der Waals surface area contributed by atoms with Crippen molar-refractivity contribution in [1.82, 2.24) is 9.72 Å². The number of aliphatic carboxylic acids is 1. The van der Waals surface area contributed by atoms with E-state index in [1.165, 1.54) is 11.8 Å². The van der Waals surface area contributed by atoms with E-state index >= 15 is 0 Å². The summed E-state index contributed by atoms with van der Waals surface area (Å²) in [4.78, 5) is 26.8. The molecule has 0 radical (unpaired) electrons. The van der Waals surface area contributed by atoms with Gasteiger partial charge in [-0.25, -0.2) is 9.59 Å². The summed E-state index contributed by atoms with van der Waals surface area (Å²) < 4.78 is 11.3. The van der Waals surface area contributed by atoms with Crippen LogP contribution in [0.2, 0.25) is 0 Å². The molecule has 0 saturated carbocycles. The normalized spacial score (nSPS) is 19.5. The Hall–Kier alpha value is -1.97. The highest BCUT2D eigenvalue weighted by atomic mass is 32.2. The van der Waals surface area contributed by atoms with Crippen LogP contribution in [-0.2, 0) is 16.0 Å². The van der Waals surface area contributed by atoms with Crippen LogP contribution in [0.1, 0.15) is 51.9 Å². The molecule has 1 N–H and O–H groups in total. The highest BCUT2D eigenvalue weighted by Gasteiger charge is 2.24. The predicted octanol–water partition coefficient (Wildman–Crippen LogP) is 0.822. The topological polar surface area (TPSA) is 130 Å². The smallest absolute Gasteiger partial charge is 0.441 e. The minimum atomic E-state index is -1.20. The number of aryl methyl sites for hydroxylation is 1. The molecule has 0 fully saturated rings. The number of hydrogen-bond acceptors (Lipinski definition) is 8.